The van der Waals surface area contributed by atoms with Crippen molar-refractivity contribution in [2.24, 2.45) is 0 Å². The number of hydrogen-bond acceptors (Lipinski definition) is 2. The van der Waals surface area contributed by atoms with Gasteiger partial charge in [-0.3, -0.25) is 9.59 Å². The molecule has 0 spiro atoms. The zero-order valence-electron chi connectivity index (χ0n) is 11.7. The van der Waals surface area contributed by atoms with Crippen LogP contribution in [-0.2, 0) is 9.59 Å². The van der Waals surface area contributed by atoms with E-state index in [0.717, 1.165) is 16.5 Å². The van der Waals surface area contributed by atoms with E-state index in [2.05, 4.69) is 10.6 Å². The molecule has 0 saturated heterocycles. The summed E-state index contributed by atoms with van der Waals surface area (Å²) in [5.74, 6) is -0.0952. The van der Waals surface area contributed by atoms with Crippen LogP contribution in [0.5, 0.6) is 0 Å². The van der Waals surface area contributed by atoms with E-state index in [4.69, 9.17) is 0 Å². The molecule has 0 fully saturated rings. The summed E-state index contributed by atoms with van der Waals surface area (Å²) in [7, 11) is 0. The Kier molecular flexibility index (Phi) is 4.35. The van der Waals surface area contributed by atoms with Gasteiger partial charge in [0.15, 0.2) is 0 Å². The second-order valence-electron chi connectivity index (χ2n) is 4.55. The number of carbonyl (C=O) groups is 2. The summed E-state index contributed by atoms with van der Waals surface area (Å²) in [5.41, 5.74) is 1.42. The summed E-state index contributed by atoms with van der Waals surface area (Å²) in [5, 5.41) is 7.64. The summed E-state index contributed by atoms with van der Waals surface area (Å²) >= 11 is 0. The average molecular weight is 270 g/mol. The van der Waals surface area contributed by atoms with E-state index < -0.39 is 0 Å². The third-order valence-corrected chi connectivity index (χ3v) is 3.06. The Balaban J connectivity index is 2.46. The molecule has 2 aromatic rings. The van der Waals surface area contributed by atoms with Gasteiger partial charge in [-0.05, 0) is 17.5 Å². The maximum Gasteiger partial charge on any atom is 0.224 e. The molecule has 0 heterocycles. The third kappa shape index (κ3) is 3.15. The lowest BCUT2D eigenvalue weighted by atomic mass is 10.1. The van der Waals surface area contributed by atoms with Crippen LogP contribution < -0.4 is 10.6 Å². The second kappa shape index (κ2) is 6.19. The average Bonchev–Trinajstić information content (AvgIpc) is 2.47. The van der Waals surface area contributed by atoms with Crippen LogP contribution in [0.2, 0.25) is 0 Å². The Morgan fingerprint density at radius 2 is 1.60 bits per heavy atom. The fourth-order valence-corrected chi connectivity index (χ4v) is 1.97. The number of rotatable bonds is 4. The molecule has 0 aliphatic carbocycles. The molecule has 0 atom stereocenters. The maximum absolute atomic E-state index is 11.6. The van der Waals surface area contributed by atoms with Gasteiger partial charge in [-0.15, -0.1) is 0 Å². The molecule has 104 valence electrons. The van der Waals surface area contributed by atoms with Gasteiger partial charge in [-0.25, -0.2) is 0 Å². The number of amides is 2. The predicted octanol–water partition coefficient (Wildman–Crippen LogP) is 3.54. The quantitative estimate of drug-likeness (QED) is 0.892. The summed E-state index contributed by atoms with van der Waals surface area (Å²) in [6, 6.07) is 11.5. The lowest BCUT2D eigenvalue weighted by molar-refractivity contribution is -0.116. The number of anilines is 2. The Morgan fingerprint density at radius 3 is 2.30 bits per heavy atom. The van der Waals surface area contributed by atoms with Crippen LogP contribution in [0.15, 0.2) is 36.4 Å². The molecular formula is C16H18N2O2. The van der Waals surface area contributed by atoms with Gasteiger partial charge in [0.1, 0.15) is 0 Å². The Labute approximate surface area is 118 Å². The smallest absolute Gasteiger partial charge is 0.224 e. The van der Waals surface area contributed by atoms with Crippen molar-refractivity contribution in [2.75, 3.05) is 10.6 Å². The highest BCUT2D eigenvalue weighted by molar-refractivity contribution is 6.05. The molecule has 2 aromatic carbocycles. The summed E-state index contributed by atoms with van der Waals surface area (Å²) in [4.78, 5) is 23.1. The monoisotopic (exact) mass is 270 g/mol. The topological polar surface area (TPSA) is 58.2 Å². The fourth-order valence-electron chi connectivity index (χ4n) is 1.97. The van der Waals surface area contributed by atoms with E-state index in [1.807, 2.05) is 30.3 Å². The van der Waals surface area contributed by atoms with Gasteiger partial charge in [-0.2, -0.15) is 0 Å². The largest absolute Gasteiger partial charge is 0.326 e. The van der Waals surface area contributed by atoms with Crippen LogP contribution in [0, 0.1) is 0 Å². The van der Waals surface area contributed by atoms with Crippen LogP contribution in [0.25, 0.3) is 10.8 Å². The minimum Gasteiger partial charge on any atom is -0.326 e. The van der Waals surface area contributed by atoms with Crippen LogP contribution in [0.4, 0.5) is 11.4 Å². The van der Waals surface area contributed by atoms with Crippen molar-refractivity contribution in [3.8, 4) is 0 Å². The van der Waals surface area contributed by atoms with E-state index in [1.165, 1.54) is 0 Å². The number of benzene rings is 2. The van der Waals surface area contributed by atoms with E-state index in [-0.39, 0.29) is 11.8 Å². The number of carbonyl (C=O) groups excluding carboxylic acids is 2. The zero-order valence-corrected chi connectivity index (χ0v) is 11.7. The number of nitrogens with one attached hydrogen (secondary N) is 2. The van der Waals surface area contributed by atoms with Gasteiger partial charge in [-0.1, -0.05) is 38.1 Å². The molecule has 0 bridgehead atoms. The van der Waals surface area contributed by atoms with Crippen LogP contribution >= 0.6 is 0 Å². The molecule has 2 rings (SSSR count). The lowest BCUT2D eigenvalue weighted by Gasteiger charge is -2.12. The van der Waals surface area contributed by atoms with Crippen molar-refractivity contribution in [2.45, 2.75) is 26.7 Å². The normalized spacial score (nSPS) is 10.3. The van der Waals surface area contributed by atoms with Gasteiger partial charge in [0.25, 0.3) is 0 Å². The molecule has 0 radical (unpaired) electrons. The number of hydrogen-bond donors (Lipinski definition) is 2. The van der Waals surface area contributed by atoms with Crippen molar-refractivity contribution >= 4 is 34.0 Å². The first-order valence-corrected chi connectivity index (χ1v) is 6.76. The SMILES string of the molecule is CCC(=O)Nc1cc(NC(=O)CC)c2ccccc2c1. The zero-order chi connectivity index (χ0) is 14.5. The summed E-state index contributed by atoms with van der Waals surface area (Å²) in [6.07, 6.45) is 0.837. The van der Waals surface area contributed by atoms with Gasteiger partial charge < -0.3 is 10.6 Å². The molecule has 0 aliphatic rings. The van der Waals surface area contributed by atoms with E-state index in [0.29, 0.717) is 18.5 Å². The first kappa shape index (κ1) is 14.1. The van der Waals surface area contributed by atoms with E-state index >= 15 is 0 Å². The second-order valence-corrected chi connectivity index (χ2v) is 4.55. The Hall–Kier alpha value is -2.36. The number of fused-ring (bicyclic) bond motifs is 1. The minimum absolute atomic E-state index is 0.0471. The molecule has 0 aromatic heterocycles. The molecule has 4 heteroatoms. The molecule has 2 N–H and O–H groups in total. The Morgan fingerprint density at radius 1 is 0.950 bits per heavy atom. The highest BCUT2D eigenvalue weighted by Crippen LogP contribution is 2.28. The van der Waals surface area contributed by atoms with E-state index in [1.54, 1.807) is 19.9 Å². The van der Waals surface area contributed by atoms with Gasteiger partial charge in [0.05, 0.1) is 5.69 Å². The maximum atomic E-state index is 11.6. The molecule has 0 saturated carbocycles. The fraction of sp³-hybridized carbons (Fsp3) is 0.250. The Bertz CT molecular complexity index is 650. The van der Waals surface area contributed by atoms with Crippen molar-refractivity contribution in [3.05, 3.63) is 36.4 Å². The van der Waals surface area contributed by atoms with Crippen molar-refractivity contribution < 1.29 is 9.59 Å². The third-order valence-electron chi connectivity index (χ3n) is 3.06. The molecule has 4 nitrogen and oxygen atoms in total. The van der Waals surface area contributed by atoms with Crippen molar-refractivity contribution in [1.82, 2.24) is 0 Å². The van der Waals surface area contributed by atoms with Crippen molar-refractivity contribution in [1.29, 1.82) is 0 Å². The van der Waals surface area contributed by atoms with Gasteiger partial charge in [0, 0.05) is 23.9 Å². The highest BCUT2D eigenvalue weighted by Gasteiger charge is 2.08. The first-order chi connectivity index (χ1) is 9.63. The molecule has 0 aliphatic heterocycles. The van der Waals surface area contributed by atoms with Crippen LogP contribution in [-0.4, -0.2) is 11.8 Å². The molecule has 20 heavy (non-hydrogen) atoms. The molecular weight excluding hydrogens is 252 g/mol. The lowest BCUT2D eigenvalue weighted by Crippen LogP contribution is -2.12. The summed E-state index contributed by atoms with van der Waals surface area (Å²) in [6.45, 7) is 3.61. The summed E-state index contributed by atoms with van der Waals surface area (Å²) < 4.78 is 0. The molecule has 0 unspecified atom stereocenters. The minimum atomic E-state index is -0.0481. The predicted molar refractivity (Wildman–Crippen MR) is 81.8 cm³/mol. The van der Waals surface area contributed by atoms with Crippen LogP contribution in [0.1, 0.15) is 26.7 Å². The first-order valence-electron chi connectivity index (χ1n) is 6.76. The van der Waals surface area contributed by atoms with Gasteiger partial charge in [0.2, 0.25) is 11.8 Å². The van der Waals surface area contributed by atoms with E-state index in [9.17, 15) is 9.59 Å². The van der Waals surface area contributed by atoms with Crippen molar-refractivity contribution in [3.63, 3.8) is 0 Å². The van der Waals surface area contributed by atoms with Crippen LogP contribution in [0.3, 0.4) is 0 Å². The van der Waals surface area contributed by atoms with Gasteiger partial charge >= 0.3 is 0 Å². The standard InChI is InChI=1S/C16H18N2O2/c1-3-15(19)17-12-9-11-7-5-6-8-13(11)14(10-12)18-16(20)4-2/h5-10H,3-4H2,1-2H3,(H,17,19)(H,18,20). The highest BCUT2D eigenvalue weighted by atomic mass is 16.2. The molecule has 2 amide bonds.